The lowest BCUT2D eigenvalue weighted by Crippen LogP contribution is -2.30. The molecule has 1 atom stereocenters. The van der Waals surface area contributed by atoms with Crippen molar-refractivity contribution >= 4 is 29.0 Å². The van der Waals surface area contributed by atoms with Crippen LogP contribution in [0.25, 0.3) is 11.3 Å². The maximum absolute atomic E-state index is 12.5. The molecule has 0 aliphatic rings. The van der Waals surface area contributed by atoms with Crippen LogP contribution in [0.5, 0.6) is 11.5 Å². The van der Waals surface area contributed by atoms with Gasteiger partial charge in [-0.25, -0.2) is 4.98 Å². The maximum Gasteiger partial charge on any atom is 0.233 e. The molecule has 0 saturated heterocycles. The quantitative estimate of drug-likeness (QED) is 0.545. The Morgan fingerprint density at radius 3 is 2.61 bits per heavy atom. The highest BCUT2D eigenvalue weighted by atomic mass is 32.2. The van der Waals surface area contributed by atoms with Crippen molar-refractivity contribution in [3.63, 3.8) is 0 Å². The van der Waals surface area contributed by atoms with Crippen molar-refractivity contribution in [2.24, 2.45) is 0 Å². The molecule has 0 aliphatic heterocycles. The summed E-state index contributed by atoms with van der Waals surface area (Å²) in [6, 6.07) is 15.6. The first-order valence-electron chi connectivity index (χ1n) is 8.77. The number of thiazole rings is 1. The standard InChI is InChI=1S/C21H22N2O3S2/c1-14(28-21-23-17(13-27-21)16-7-5-4-6-8-16)20(24)22-12-15-9-10-18(25-2)19(11-15)26-3/h4-11,13-14H,12H2,1-3H3,(H,22,24)/t14-/m0/s1. The van der Waals surface area contributed by atoms with Crippen molar-refractivity contribution in [2.75, 3.05) is 14.2 Å². The van der Waals surface area contributed by atoms with Crippen molar-refractivity contribution in [1.82, 2.24) is 10.3 Å². The Labute approximate surface area is 173 Å². The largest absolute Gasteiger partial charge is 0.493 e. The second-order valence-corrected chi connectivity index (χ2v) is 8.48. The Kier molecular flexibility index (Phi) is 6.95. The predicted octanol–water partition coefficient (Wildman–Crippen LogP) is 4.62. The highest BCUT2D eigenvalue weighted by Crippen LogP contribution is 2.31. The van der Waals surface area contributed by atoms with Gasteiger partial charge in [0.25, 0.3) is 0 Å². The Morgan fingerprint density at radius 2 is 1.89 bits per heavy atom. The van der Waals surface area contributed by atoms with Crippen molar-refractivity contribution in [3.05, 3.63) is 59.5 Å². The molecule has 3 aromatic rings. The zero-order chi connectivity index (χ0) is 19.9. The van der Waals surface area contributed by atoms with Gasteiger partial charge in [-0.3, -0.25) is 4.79 Å². The zero-order valence-electron chi connectivity index (χ0n) is 16.0. The molecule has 2 aromatic carbocycles. The normalized spacial score (nSPS) is 11.7. The number of hydrogen-bond acceptors (Lipinski definition) is 6. The number of carbonyl (C=O) groups is 1. The van der Waals surface area contributed by atoms with Crippen molar-refractivity contribution < 1.29 is 14.3 Å². The molecule has 28 heavy (non-hydrogen) atoms. The summed E-state index contributed by atoms with van der Waals surface area (Å²) in [6.07, 6.45) is 0. The first-order chi connectivity index (χ1) is 13.6. The van der Waals surface area contributed by atoms with Crippen LogP contribution in [-0.2, 0) is 11.3 Å². The molecule has 7 heteroatoms. The third-order valence-electron chi connectivity index (χ3n) is 4.11. The van der Waals surface area contributed by atoms with Crippen molar-refractivity contribution in [2.45, 2.75) is 23.1 Å². The van der Waals surface area contributed by atoms with E-state index in [1.165, 1.54) is 11.8 Å². The van der Waals surface area contributed by atoms with Gasteiger partial charge in [0.05, 0.1) is 25.2 Å². The minimum atomic E-state index is -0.241. The van der Waals surface area contributed by atoms with Gasteiger partial charge < -0.3 is 14.8 Å². The van der Waals surface area contributed by atoms with Crippen LogP contribution in [-0.4, -0.2) is 30.4 Å². The fourth-order valence-electron chi connectivity index (χ4n) is 2.58. The fraction of sp³-hybridized carbons (Fsp3) is 0.238. The number of nitrogens with one attached hydrogen (secondary N) is 1. The Hall–Kier alpha value is -2.51. The molecule has 0 unspecified atom stereocenters. The van der Waals surface area contributed by atoms with Crippen LogP contribution in [0.3, 0.4) is 0 Å². The van der Waals surface area contributed by atoms with E-state index in [4.69, 9.17) is 9.47 Å². The molecule has 0 radical (unpaired) electrons. The number of ether oxygens (including phenoxy) is 2. The molecule has 3 rings (SSSR count). The van der Waals surface area contributed by atoms with Gasteiger partial charge in [-0.05, 0) is 24.6 Å². The minimum Gasteiger partial charge on any atom is -0.493 e. The summed E-state index contributed by atoms with van der Waals surface area (Å²) in [5.41, 5.74) is 2.96. The van der Waals surface area contributed by atoms with Crippen LogP contribution in [0.15, 0.2) is 58.3 Å². The first-order valence-corrected chi connectivity index (χ1v) is 10.5. The Balaban J connectivity index is 1.56. The molecule has 0 spiro atoms. The smallest absolute Gasteiger partial charge is 0.233 e. The molecule has 1 N–H and O–H groups in total. The number of thioether (sulfide) groups is 1. The summed E-state index contributed by atoms with van der Waals surface area (Å²) in [5, 5.41) is 4.75. The second-order valence-electron chi connectivity index (χ2n) is 6.03. The maximum atomic E-state index is 12.5. The molecule has 1 heterocycles. The summed E-state index contributed by atoms with van der Waals surface area (Å²) in [7, 11) is 3.19. The molecular formula is C21H22N2O3S2. The van der Waals surface area contributed by atoms with E-state index in [2.05, 4.69) is 10.3 Å². The molecule has 0 fully saturated rings. The van der Waals surface area contributed by atoms with Gasteiger partial charge in [-0.1, -0.05) is 48.2 Å². The number of nitrogens with zero attached hydrogens (tertiary/aromatic N) is 1. The number of hydrogen-bond donors (Lipinski definition) is 1. The van der Waals surface area contributed by atoms with Gasteiger partial charge in [0.1, 0.15) is 0 Å². The minimum absolute atomic E-state index is 0.0313. The number of aromatic nitrogens is 1. The van der Waals surface area contributed by atoms with E-state index >= 15 is 0 Å². The molecule has 5 nitrogen and oxygen atoms in total. The third kappa shape index (κ3) is 5.05. The van der Waals surface area contributed by atoms with Crippen LogP contribution in [0.2, 0.25) is 0 Å². The van der Waals surface area contributed by atoms with Crippen LogP contribution >= 0.6 is 23.1 Å². The number of methoxy groups -OCH3 is 2. The van der Waals surface area contributed by atoms with E-state index in [9.17, 15) is 4.79 Å². The Bertz CT molecular complexity index is 928. The molecule has 0 bridgehead atoms. The number of carbonyl (C=O) groups excluding carboxylic acids is 1. The molecule has 0 saturated carbocycles. The van der Waals surface area contributed by atoms with E-state index in [1.54, 1.807) is 25.6 Å². The van der Waals surface area contributed by atoms with Crippen LogP contribution < -0.4 is 14.8 Å². The van der Waals surface area contributed by atoms with Crippen molar-refractivity contribution in [1.29, 1.82) is 0 Å². The number of amides is 1. The number of benzene rings is 2. The lowest BCUT2D eigenvalue weighted by Gasteiger charge is -2.12. The van der Waals surface area contributed by atoms with Crippen LogP contribution in [0.1, 0.15) is 12.5 Å². The molecule has 146 valence electrons. The first kappa shape index (κ1) is 20.2. The summed E-state index contributed by atoms with van der Waals surface area (Å²) < 4.78 is 11.4. The lowest BCUT2D eigenvalue weighted by atomic mass is 10.2. The van der Waals surface area contributed by atoms with E-state index < -0.39 is 0 Å². The highest BCUT2D eigenvalue weighted by molar-refractivity contribution is 8.02. The van der Waals surface area contributed by atoms with E-state index in [0.717, 1.165) is 21.2 Å². The summed E-state index contributed by atoms with van der Waals surface area (Å²) in [6.45, 7) is 2.31. The summed E-state index contributed by atoms with van der Waals surface area (Å²) in [4.78, 5) is 17.1. The van der Waals surface area contributed by atoms with E-state index in [0.29, 0.717) is 18.0 Å². The molecular weight excluding hydrogens is 392 g/mol. The second kappa shape index (κ2) is 9.61. The monoisotopic (exact) mass is 414 g/mol. The molecule has 0 aliphatic carbocycles. The Morgan fingerprint density at radius 1 is 1.14 bits per heavy atom. The molecule has 1 aromatic heterocycles. The van der Waals surface area contributed by atoms with E-state index in [1.807, 2.05) is 60.8 Å². The third-order valence-corrected chi connectivity index (χ3v) is 6.19. The lowest BCUT2D eigenvalue weighted by molar-refractivity contribution is -0.120. The van der Waals surface area contributed by atoms with Gasteiger partial charge in [0.15, 0.2) is 15.8 Å². The van der Waals surface area contributed by atoms with Gasteiger partial charge in [0, 0.05) is 17.5 Å². The zero-order valence-corrected chi connectivity index (χ0v) is 17.6. The fourth-order valence-corrected chi connectivity index (χ4v) is 4.58. The summed E-state index contributed by atoms with van der Waals surface area (Å²) in [5.74, 6) is 1.28. The summed E-state index contributed by atoms with van der Waals surface area (Å²) >= 11 is 3.02. The average molecular weight is 415 g/mol. The topological polar surface area (TPSA) is 60.5 Å². The van der Waals surface area contributed by atoms with Crippen LogP contribution in [0.4, 0.5) is 0 Å². The predicted molar refractivity (Wildman–Crippen MR) is 114 cm³/mol. The number of rotatable bonds is 8. The van der Waals surface area contributed by atoms with Gasteiger partial charge in [0.2, 0.25) is 5.91 Å². The van der Waals surface area contributed by atoms with Gasteiger partial charge in [-0.2, -0.15) is 0 Å². The van der Waals surface area contributed by atoms with Crippen molar-refractivity contribution in [3.8, 4) is 22.8 Å². The molecule has 1 amide bonds. The van der Waals surface area contributed by atoms with Gasteiger partial charge in [-0.15, -0.1) is 11.3 Å². The SMILES string of the molecule is COc1ccc(CNC(=O)[C@H](C)Sc2nc(-c3ccccc3)cs2)cc1OC. The highest BCUT2D eigenvalue weighted by Gasteiger charge is 2.17. The van der Waals surface area contributed by atoms with Crippen LogP contribution in [0, 0.1) is 0 Å². The van der Waals surface area contributed by atoms with E-state index in [-0.39, 0.29) is 11.2 Å². The van der Waals surface area contributed by atoms with Gasteiger partial charge >= 0.3 is 0 Å². The average Bonchev–Trinajstić information content (AvgIpc) is 3.20.